The van der Waals surface area contributed by atoms with Gasteiger partial charge in [-0.15, -0.1) is 0 Å². The van der Waals surface area contributed by atoms with Crippen LogP contribution >= 0.6 is 0 Å². The average molecular weight is 239 g/mol. The van der Waals surface area contributed by atoms with Crippen molar-refractivity contribution < 1.29 is 9.63 Å². The summed E-state index contributed by atoms with van der Waals surface area (Å²) in [5.41, 5.74) is 1.61. The van der Waals surface area contributed by atoms with E-state index < -0.39 is 0 Å². The molecule has 0 unspecified atom stereocenters. The first-order valence-electron chi connectivity index (χ1n) is 5.36. The minimum Gasteiger partial charge on any atom is -0.508 e. The molecule has 1 N–H and O–H groups in total. The van der Waals surface area contributed by atoms with Crippen molar-refractivity contribution in [1.82, 2.24) is 15.1 Å². The first kappa shape index (κ1) is 10.5. The minimum atomic E-state index is 0.202. The molecule has 0 saturated carbocycles. The molecule has 0 atom stereocenters. The highest BCUT2D eigenvalue weighted by Gasteiger charge is 2.09. The number of aromatic hydroxyl groups is 1. The van der Waals surface area contributed by atoms with Gasteiger partial charge < -0.3 is 9.63 Å². The number of rotatable bonds is 2. The van der Waals surface area contributed by atoms with Crippen LogP contribution in [0, 0.1) is 0 Å². The van der Waals surface area contributed by atoms with Gasteiger partial charge in [0, 0.05) is 23.5 Å². The number of phenolic OH excluding ortho intramolecular Hbond substituents is 1. The normalized spacial score (nSPS) is 10.4. The van der Waals surface area contributed by atoms with E-state index in [4.69, 9.17) is 4.52 Å². The summed E-state index contributed by atoms with van der Waals surface area (Å²) in [6.07, 6.45) is 3.35. The largest absolute Gasteiger partial charge is 0.508 e. The second-order valence-electron chi connectivity index (χ2n) is 3.71. The van der Waals surface area contributed by atoms with E-state index >= 15 is 0 Å². The third-order valence-electron chi connectivity index (χ3n) is 2.48. The smallest absolute Gasteiger partial charge is 0.258 e. The Hall–Kier alpha value is -2.69. The van der Waals surface area contributed by atoms with Crippen LogP contribution in [0.25, 0.3) is 22.8 Å². The predicted octanol–water partition coefficient (Wildman–Crippen LogP) is 2.50. The fourth-order valence-electron chi connectivity index (χ4n) is 1.56. The van der Waals surface area contributed by atoms with E-state index in [-0.39, 0.29) is 5.75 Å². The fourth-order valence-corrected chi connectivity index (χ4v) is 1.56. The van der Waals surface area contributed by atoms with E-state index in [0.29, 0.717) is 11.7 Å². The van der Waals surface area contributed by atoms with Gasteiger partial charge in [-0.1, -0.05) is 5.16 Å². The van der Waals surface area contributed by atoms with Crippen LogP contribution in [0.5, 0.6) is 5.75 Å². The molecule has 0 aliphatic rings. The van der Waals surface area contributed by atoms with Crippen molar-refractivity contribution in [3.63, 3.8) is 0 Å². The van der Waals surface area contributed by atoms with Gasteiger partial charge >= 0.3 is 0 Å². The summed E-state index contributed by atoms with van der Waals surface area (Å²) in [6, 6.07) is 10.2. The molecule has 18 heavy (non-hydrogen) atoms. The molecule has 0 fully saturated rings. The molecule has 0 saturated heterocycles. The molecule has 0 bridgehead atoms. The molecular weight excluding hydrogens is 230 g/mol. The van der Waals surface area contributed by atoms with E-state index in [2.05, 4.69) is 15.1 Å². The highest BCUT2D eigenvalue weighted by Crippen LogP contribution is 2.23. The average Bonchev–Trinajstić information content (AvgIpc) is 2.90. The zero-order valence-electron chi connectivity index (χ0n) is 9.32. The quantitative estimate of drug-likeness (QED) is 0.743. The minimum absolute atomic E-state index is 0.202. The van der Waals surface area contributed by atoms with E-state index in [1.165, 1.54) is 0 Å². The lowest BCUT2D eigenvalue weighted by Gasteiger charge is -1.93. The van der Waals surface area contributed by atoms with Crippen molar-refractivity contribution in [3.8, 4) is 28.6 Å². The standard InChI is InChI=1S/C13H9N3O2/c17-11-3-1-10(2-4-11)13-15-12(16-18-13)9-5-7-14-8-6-9/h1-8,17H. The molecule has 3 rings (SSSR count). The number of aromatic nitrogens is 3. The lowest BCUT2D eigenvalue weighted by atomic mass is 10.2. The number of pyridine rings is 1. The maximum Gasteiger partial charge on any atom is 0.258 e. The molecule has 5 nitrogen and oxygen atoms in total. The lowest BCUT2D eigenvalue weighted by molar-refractivity contribution is 0.432. The molecule has 2 aromatic heterocycles. The Bertz CT molecular complexity index is 648. The number of phenols is 1. The number of hydrogen-bond donors (Lipinski definition) is 1. The zero-order valence-corrected chi connectivity index (χ0v) is 9.32. The number of nitrogens with zero attached hydrogens (tertiary/aromatic N) is 3. The Morgan fingerprint density at radius 1 is 0.889 bits per heavy atom. The van der Waals surface area contributed by atoms with Crippen molar-refractivity contribution in [3.05, 3.63) is 48.8 Å². The Morgan fingerprint density at radius 3 is 2.33 bits per heavy atom. The van der Waals surface area contributed by atoms with Gasteiger partial charge in [-0.2, -0.15) is 4.98 Å². The van der Waals surface area contributed by atoms with E-state index in [1.807, 2.05) is 12.1 Å². The Kier molecular flexibility index (Phi) is 2.49. The lowest BCUT2D eigenvalue weighted by Crippen LogP contribution is -1.81. The molecule has 0 amide bonds. The SMILES string of the molecule is Oc1ccc(-c2nc(-c3ccncc3)no2)cc1. The molecule has 3 aromatic rings. The first-order chi connectivity index (χ1) is 8.83. The summed E-state index contributed by atoms with van der Waals surface area (Å²) in [5, 5.41) is 13.1. The molecule has 5 heteroatoms. The zero-order chi connectivity index (χ0) is 12.4. The van der Waals surface area contributed by atoms with Crippen LogP contribution in [0.3, 0.4) is 0 Å². The molecule has 0 spiro atoms. The summed E-state index contributed by atoms with van der Waals surface area (Å²) in [4.78, 5) is 8.22. The Morgan fingerprint density at radius 2 is 1.61 bits per heavy atom. The van der Waals surface area contributed by atoms with Crippen LogP contribution in [-0.4, -0.2) is 20.2 Å². The van der Waals surface area contributed by atoms with Gasteiger partial charge in [-0.05, 0) is 36.4 Å². The maximum atomic E-state index is 9.21. The highest BCUT2D eigenvalue weighted by molar-refractivity contribution is 5.59. The van der Waals surface area contributed by atoms with Gasteiger partial charge in [0.2, 0.25) is 5.82 Å². The molecule has 88 valence electrons. The van der Waals surface area contributed by atoms with Crippen LogP contribution in [0.4, 0.5) is 0 Å². The summed E-state index contributed by atoms with van der Waals surface area (Å²) < 4.78 is 5.18. The predicted molar refractivity (Wildman–Crippen MR) is 64.6 cm³/mol. The topological polar surface area (TPSA) is 72.0 Å². The van der Waals surface area contributed by atoms with Crippen molar-refractivity contribution >= 4 is 0 Å². The van der Waals surface area contributed by atoms with Crippen molar-refractivity contribution in [2.75, 3.05) is 0 Å². The monoisotopic (exact) mass is 239 g/mol. The molecule has 0 aliphatic carbocycles. The summed E-state index contributed by atoms with van der Waals surface area (Å²) >= 11 is 0. The summed E-state index contributed by atoms with van der Waals surface area (Å²) in [7, 11) is 0. The molecule has 1 aromatic carbocycles. The van der Waals surface area contributed by atoms with E-state index in [9.17, 15) is 5.11 Å². The van der Waals surface area contributed by atoms with Crippen molar-refractivity contribution in [2.24, 2.45) is 0 Å². The van der Waals surface area contributed by atoms with Crippen LogP contribution in [0.1, 0.15) is 0 Å². The third-order valence-corrected chi connectivity index (χ3v) is 2.48. The molecular formula is C13H9N3O2. The number of benzene rings is 1. The van der Waals surface area contributed by atoms with Gasteiger partial charge in [0.05, 0.1) is 0 Å². The molecule has 0 aliphatic heterocycles. The second kappa shape index (κ2) is 4.29. The highest BCUT2D eigenvalue weighted by atomic mass is 16.5. The van der Waals surface area contributed by atoms with Crippen molar-refractivity contribution in [2.45, 2.75) is 0 Å². The van der Waals surface area contributed by atoms with Gasteiger partial charge in [0.1, 0.15) is 5.75 Å². The molecule has 0 radical (unpaired) electrons. The fraction of sp³-hybridized carbons (Fsp3) is 0. The second-order valence-corrected chi connectivity index (χ2v) is 3.71. The third kappa shape index (κ3) is 1.93. The van der Waals surface area contributed by atoms with Gasteiger partial charge in [-0.3, -0.25) is 4.98 Å². The summed E-state index contributed by atoms with van der Waals surface area (Å²) in [5.74, 6) is 1.13. The van der Waals surface area contributed by atoms with E-state index in [0.717, 1.165) is 11.1 Å². The van der Waals surface area contributed by atoms with Crippen molar-refractivity contribution in [1.29, 1.82) is 0 Å². The number of hydrogen-bond acceptors (Lipinski definition) is 5. The van der Waals surface area contributed by atoms with Crippen LogP contribution < -0.4 is 0 Å². The van der Waals surface area contributed by atoms with E-state index in [1.54, 1.807) is 36.7 Å². The van der Waals surface area contributed by atoms with Gasteiger partial charge in [0.25, 0.3) is 5.89 Å². The summed E-state index contributed by atoms with van der Waals surface area (Å²) in [6.45, 7) is 0. The van der Waals surface area contributed by atoms with Crippen LogP contribution in [0.2, 0.25) is 0 Å². The molecule has 2 heterocycles. The van der Waals surface area contributed by atoms with Gasteiger partial charge in [-0.25, -0.2) is 0 Å². The van der Waals surface area contributed by atoms with Gasteiger partial charge in [0.15, 0.2) is 0 Å². The Labute approximate surface area is 103 Å². The maximum absolute atomic E-state index is 9.21. The van der Waals surface area contributed by atoms with Crippen LogP contribution in [-0.2, 0) is 0 Å². The van der Waals surface area contributed by atoms with Crippen LogP contribution in [0.15, 0.2) is 53.3 Å². The first-order valence-corrected chi connectivity index (χ1v) is 5.36. The Balaban J connectivity index is 1.97.